The van der Waals surface area contributed by atoms with Crippen molar-refractivity contribution in [2.24, 2.45) is 0 Å². The van der Waals surface area contributed by atoms with Crippen LogP contribution in [0, 0.1) is 0 Å². The minimum Gasteiger partial charge on any atom is -0.394 e. The van der Waals surface area contributed by atoms with Crippen LogP contribution in [0.1, 0.15) is 43.7 Å². The average molecular weight is 277 g/mol. The number of hydrogen-bond donors (Lipinski definition) is 2. The fourth-order valence-corrected chi connectivity index (χ4v) is 2.51. The largest absolute Gasteiger partial charge is 0.394 e. The molecule has 1 aromatic carbocycles. The molecule has 1 saturated heterocycles. The molecule has 2 rings (SSSR count). The van der Waals surface area contributed by atoms with Crippen LogP contribution in [0.3, 0.4) is 0 Å². The van der Waals surface area contributed by atoms with E-state index in [1.54, 1.807) is 0 Å². The van der Waals surface area contributed by atoms with Crippen molar-refractivity contribution in [2.45, 2.75) is 44.2 Å². The summed E-state index contributed by atoms with van der Waals surface area (Å²) >= 11 is 0. The van der Waals surface area contributed by atoms with E-state index >= 15 is 0 Å². The smallest absolute Gasteiger partial charge is 0.220 e. The molecule has 0 spiro atoms. The number of rotatable bonds is 6. The molecule has 1 aliphatic heterocycles. The first-order chi connectivity index (χ1) is 9.79. The quantitative estimate of drug-likeness (QED) is 0.838. The molecule has 1 aromatic rings. The Labute approximate surface area is 120 Å². The molecule has 1 fully saturated rings. The van der Waals surface area contributed by atoms with Crippen LogP contribution >= 0.6 is 0 Å². The molecule has 0 radical (unpaired) electrons. The van der Waals surface area contributed by atoms with Gasteiger partial charge in [0.25, 0.3) is 0 Å². The number of ether oxygens (including phenoxy) is 1. The second-order valence-corrected chi connectivity index (χ2v) is 5.24. The van der Waals surface area contributed by atoms with E-state index in [1.807, 2.05) is 30.3 Å². The molecule has 1 amide bonds. The zero-order chi connectivity index (χ0) is 14.2. The van der Waals surface area contributed by atoms with Gasteiger partial charge in [-0.1, -0.05) is 30.3 Å². The van der Waals surface area contributed by atoms with Crippen LogP contribution in [0.15, 0.2) is 30.3 Å². The van der Waals surface area contributed by atoms with Crippen LogP contribution in [0.4, 0.5) is 0 Å². The molecule has 4 heteroatoms. The molecule has 1 aliphatic rings. The van der Waals surface area contributed by atoms with E-state index in [4.69, 9.17) is 4.74 Å². The number of aliphatic hydroxyl groups excluding tert-OH is 1. The fraction of sp³-hybridized carbons (Fsp3) is 0.562. The molecule has 0 aromatic heterocycles. The molecule has 4 nitrogen and oxygen atoms in total. The highest BCUT2D eigenvalue weighted by Crippen LogP contribution is 2.17. The first-order valence-electron chi connectivity index (χ1n) is 7.36. The Kier molecular flexibility index (Phi) is 6.02. The normalized spacial score (nSPS) is 20.4. The van der Waals surface area contributed by atoms with Crippen molar-refractivity contribution in [3.63, 3.8) is 0 Å². The summed E-state index contributed by atoms with van der Waals surface area (Å²) in [5.41, 5.74) is 0.928. The minimum absolute atomic E-state index is 0.0259. The first kappa shape index (κ1) is 15.0. The minimum atomic E-state index is -0.323. The van der Waals surface area contributed by atoms with E-state index in [0.29, 0.717) is 6.42 Å². The first-order valence-corrected chi connectivity index (χ1v) is 7.36. The summed E-state index contributed by atoms with van der Waals surface area (Å²) in [6, 6.07) is 9.22. The Morgan fingerprint density at radius 2 is 2.15 bits per heavy atom. The van der Waals surface area contributed by atoms with Gasteiger partial charge < -0.3 is 15.2 Å². The molecule has 20 heavy (non-hydrogen) atoms. The van der Waals surface area contributed by atoms with E-state index in [2.05, 4.69) is 5.32 Å². The van der Waals surface area contributed by atoms with Gasteiger partial charge in [-0.25, -0.2) is 0 Å². The molecule has 0 saturated carbocycles. The second kappa shape index (κ2) is 8.02. The highest BCUT2D eigenvalue weighted by Gasteiger charge is 2.17. The van der Waals surface area contributed by atoms with E-state index in [1.165, 1.54) is 6.42 Å². The van der Waals surface area contributed by atoms with Gasteiger partial charge >= 0.3 is 0 Å². The number of benzene rings is 1. The fourth-order valence-electron chi connectivity index (χ4n) is 2.51. The van der Waals surface area contributed by atoms with Crippen molar-refractivity contribution in [3.05, 3.63) is 35.9 Å². The molecular weight excluding hydrogens is 254 g/mol. The highest BCUT2D eigenvalue weighted by molar-refractivity contribution is 5.76. The second-order valence-electron chi connectivity index (χ2n) is 5.24. The van der Waals surface area contributed by atoms with E-state index in [0.717, 1.165) is 31.4 Å². The van der Waals surface area contributed by atoms with Crippen LogP contribution in [-0.2, 0) is 9.53 Å². The lowest BCUT2D eigenvalue weighted by Gasteiger charge is -2.23. The summed E-state index contributed by atoms with van der Waals surface area (Å²) in [4.78, 5) is 12.0. The lowest BCUT2D eigenvalue weighted by Crippen LogP contribution is -2.31. The van der Waals surface area contributed by atoms with Crippen LogP contribution in [0.5, 0.6) is 0 Å². The lowest BCUT2D eigenvalue weighted by atomic mass is 10.0. The molecule has 0 aliphatic carbocycles. The Morgan fingerprint density at radius 3 is 2.80 bits per heavy atom. The SMILES string of the molecule is O=C(CCC1CCCCO1)N[C@H](CO)c1ccccc1. The molecule has 2 atom stereocenters. The van der Waals surface area contributed by atoms with Gasteiger partial charge in [0.1, 0.15) is 0 Å². The van der Waals surface area contributed by atoms with Crippen molar-refractivity contribution < 1.29 is 14.6 Å². The van der Waals surface area contributed by atoms with Crippen molar-refractivity contribution in [2.75, 3.05) is 13.2 Å². The van der Waals surface area contributed by atoms with Crippen LogP contribution in [0.2, 0.25) is 0 Å². The summed E-state index contributed by atoms with van der Waals surface area (Å²) in [6.07, 6.45) is 4.81. The number of nitrogens with one attached hydrogen (secondary N) is 1. The zero-order valence-corrected chi connectivity index (χ0v) is 11.8. The van der Waals surface area contributed by atoms with Gasteiger partial charge in [-0.05, 0) is 31.2 Å². The number of amides is 1. The Balaban J connectivity index is 1.77. The van der Waals surface area contributed by atoms with E-state index < -0.39 is 0 Å². The van der Waals surface area contributed by atoms with Crippen molar-refractivity contribution in [1.29, 1.82) is 0 Å². The molecule has 0 bridgehead atoms. The van der Waals surface area contributed by atoms with Gasteiger partial charge in [-0.2, -0.15) is 0 Å². The monoisotopic (exact) mass is 277 g/mol. The number of hydrogen-bond acceptors (Lipinski definition) is 3. The molecule has 2 N–H and O–H groups in total. The highest BCUT2D eigenvalue weighted by atomic mass is 16.5. The van der Waals surface area contributed by atoms with Crippen molar-refractivity contribution >= 4 is 5.91 Å². The van der Waals surface area contributed by atoms with Gasteiger partial charge in [0.05, 0.1) is 18.8 Å². The average Bonchev–Trinajstić information content (AvgIpc) is 2.52. The van der Waals surface area contributed by atoms with Gasteiger partial charge in [0.15, 0.2) is 0 Å². The maximum absolute atomic E-state index is 12.0. The van der Waals surface area contributed by atoms with E-state index in [9.17, 15) is 9.90 Å². The molecular formula is C16H23NO3. The van der Waals surface area contributed by atoms with Gasteiger partial charge in [0, 0.05) is 13.0 Å². The Morgan fingerprint density at radius 1 is 1.35 bits per heavy atom. The van der Waals surface area contributed by atoms with Crippen LogP contribution in [-0.4, -0.2) is 30.3 Å². The number of carbonyl (C=O) groups excluding carboxylic acids is 1. The summed E-state index contributed by atoms with van der Waals surface area (Å²) in [6.45, 7) is 0.727. The predicted octanol–water partition coefficient (Wildman–Crippen LogP) is 2.19. The van der Waals surface area contributed by atoms with Crippen LogP contribution in [0.25, 0.3) is 0 Å². The number of carbonyl (C=O) groups is 1. The lowest BCUT2D eigenvalue weighted by molar-refractivity contribution is -0.123. The molecule has 110 valence electrons. The van der Waals surface area contributed by atoms with Crippen LogP contribution < -0.4 is 5.32 Å². The Bertz CT molecular complexity index is 401. The molecule has 1 heterocycles. The third kappa shape index (κ3) is 4.62. The van der Waals surface area contributed by atoms with Crippen molar-refractivity contribution in [1.82, 2.24) is 5.32 Å². The predicted molar refractivity (Wildman–Crippen MR) is 77.2 cm³/mol. The third-order valence-corrected chi connectivity index (χ3v) is 3.69. The molecule has 1 unspecified atom stereocenters. The number of aliphatic hydroxyl groups is 1. The maximum Gasteiger partial charge on any atom is 0.220 e. The maximum atomic E-state index is 12.0. The van der Waals surface area contributed by atoms with Gasteiger partial charge in [-0.15, -0.1) is 0 Å². The van der Waals surface area contributed by atoms with E-state index in [-0.39, 0.29) is 24.7 Å². The standard InChI is InChI=1S/C16H23NO3/c18-12-15(13-6-2-1-3-7-13)17-16(19)10-9-14-8-4-5-11-20-14/h1-3,6-7,14-15,18H,4-5,8-12H2,(H,17,19)/t14?,15-/m1/s1. The Hall–Kier alpha value is -1.39. The van der Waals surface area contributed by atoms with Gasteiger partial charge in [0.2, 0.25) is 5.91 Å². The topological polar surface area (TPSA) is 58.6 Å². The summed E-state index contributed by atoms with van der Waals surface area (Å²) < 4.78 is 5.61. The summed E-state index contributed by atoms with van der Waals surface area (Å²) in [5.74, 6) is -0.0259. The summed E-state index contributed by atoms with van der Waals surface area (Å²) in [5, 5.41) is 12.3. The summed E-state index contributed by atoms with van der Waals surface area (Å²) in [7, 11) is 0. The zero-order valence-electron chi connectivity index (χ0n) is 11.8. The van der Waals surface area contributed by atoms with Gasteiger partial charge in [-0.3, -0.25) is 4.79 Å². The van der Waals surface area contributed by atoms with Crippen molar-refractivity contribution in [3.8, 4) is 0 Å². The third-order valence-electron chi connectivity index (χ3n) is 3.69.